The lowest BCUT2D eigenvalue weighted by Crippen LogP contribution is -2.54. The molecule has 0 amide bonds. The maximum Gasteiger partial charge on any atom is 0.345 e. The Kier molecular flexibility index (Phi) is 3.45. The molecule has 8 heteroatoms. The van der Waals surface area contributed by atoms with Crippen LogP contribution in [0.3, 0.4) is 0 Å². The van der Waals surface area contributed by atoms with Crippen molar-refractivity contribution in [1.82, 2.24) is 0 Å². The topological polar surface area (TPSA) is 119 Å². The molecule has 1 saturated heterocycles. The molecule has 1 aliphatic heterocycles. The summed E-state index contributed by atoms with van der Waals surface area (Å²) in [7, 11) is 0.954. The SMILES string of the molecule is COC(=O)C(O)C1(O)CC(=O)OCOC1=O. The maximum atomic E-state index is 11.3. The molecule has 0 aromatic heterocycles. The molecular weight excluding hydrogens is 224 g/mol. The predicted octanol–water partition coefficient (Wildman–Crippen LogP) is -2.30. The summed E-state index contributed by atoms with van der Waals surface area (Å²) in [6.45, 7) is -0.673. The molecule has 0 saturated carbocycles. The van der Waals surface area contributed by atoms with Crippen LogP contribution in [0.15, 0.2) is 0 Å². The quantitative estimate of drug-likeness (QED) is 0.512. The van der Waals surface area contributed by atoms with E-state index in [-0.39, 0.29) is 0 Å². The summed E-state index contributed by atoms with van der Waals surface area (Å²) in [5, 5.41) is 19.1. The molecule has 2 atom stereocenters. The maximum absolute atomic E-state index is 11.3. The van der Waals surface area contributed by atoms with Crippen molar-refractivity contribution in [2.45, 2.75) is 18.1 Å². The van der Waals surface area contributed by atoms with Crippen molar-refractivity contribution in [3.8, 4) is 0 Å². The highest BCUT2D eigenvalue weighted by Gasteiger charge is 2.52. The first-order valence-corrected chi connectivity index (χ1v) is 4.23. The highest BCUT2D eigenvalue weighted by atomic mass is 16.7. The Bertz CT molecular complexity index is 324. The van der Waals surface area contributed by atoms with Gasteiger partial charge in [0, 0.05) is 0 Å². The van der Waals surface area contributed by atoms with Gasteiger partial charge in [0.05, 0.1) is 13.5 Å². The van der Waals surface area contributed by atoms with E-state index in [0.717, 1.165) is 7.11 Å². The molecule has 2 N–H and O–H groups in total. The molecule has 0 radical (unpaired) electrons. The van der Waals surface area contributed by atoms with Crippen molar-refractivity contribution in [1.29, 1.82) is 0 Å². The number of rotatable bonds is 2. The van der Waals surface area contributed by atoms with E-state index in [1.165, 1.54) is 0 Å². The number of ether oxygens (including phenoxy) is 3. The van der Waals surface area contributed by atoms with Gasteiger partial charge in [-0.2, -0.15) is 0 Å². The zero-order valence-corrected chi connectivity index (χ0v) is 8.34. The summed E-state index contributed by atoms with van der Waals surface area (Å²) in [4.78, 5) is 33.2. The highest BCUT2D eigenvalue weighted by Crippen LogP contribution is 2.22. The summed E-state index contributed by atoms with van der Waals surface area (Å²) >= 11 is 0. The summed E-state index contributed by atoms with van der Waals surface area (Å²) in [5.74, 6) is -3.55. The number of methoxy groups -OCH3 is 1. The van der Waals surface area contributed by atoms with Crippen LogP contribution in [0.1, 0.15) is 6.42 Å². The average molecular weight is 234 g/mol. The second-order valence-electron chi connectivity index (χ2n) is 3.09. The zero-order chi connectivity index (χ0) is 12.3. The largest absolute Gasteiger partial charge is 0.467 e. The number of hydrogen-bond acceptors (Lipinski definition) is 8. The van der Waals surface area contributed by atoms with Crippen LogP contribution in [0.5, 0.6) is 0 Å². The van der Waals surface area contributed by atoms with Crippen molar-refractivity contribution in [2.75, 3.05) is 13.9 Å². The Balaban J connectivity index is 2.97. The van der Waals surface area contributed by atoms with Gasteiger partial charge >= 0.3 is 17.9 Å². The van der Waals surface area contributed by atoms with E-state index in [1.807, 2.05) is 0 Å². The highest BCUT2D eigenvalue weighted by molar-refractivity contribution is 5.93. The van der Waals surface area contributed by atoms with Gasteiger partial charge in [-0.15, -0.1) is 0 Å². The first-order chi connectivity index (χ1) is 7.41. The van der Waals surface area contributed by atoms with Crippen molar-refractivity contribution >= 4 is 17.9 Å². The minimum atomic E-state index is -2.68. The zero-order valence-electron chi connectivity index (χ0n) is 8.34. The van der Waals surface area contributed by atoms with Gasteiger partial charge in [0.15, 0.2) is 6.10 Å². The van der Waals surface area contributed by atoms with Gasteiger partial charge in [0.1, 0.15) is 0 Å². The number of hydrogen-bond donors (Lipinski definition) is 2. The van der Waals surface area contributed by atoms with Crippen LogP contribution in [-0.4, -0.2) is 53.7 Å². The third-order valence-corrected chi connectivity index (χ3v) is 2.05. The first-order valence-electron chi connectivity index (χ1n) is 4.23. The van der Waals surface area contributed by atoms with E-state index in [0.29, 0.717) is 0 Å². The van der Waals surface area contributed by atoms with Crippen molar-refractivity contribution in [2.24, 2.45) is 0 Å². The Morgan fingerprint density at radius 3 is 2.69 bits per heavy atom. The second kappa shape index (κ2) is 4.45. The molecule has 1 aliphatic rings. The second-order valence-corrected chi connectivity index (χ2v) is 3.09. The van der Waals surface area contributed by atoms with E-state index in [4.69, 9.17) is 0 Å². The molecular formula is C8H10O8. The van der Waals surface area contributed by atoms with Gasteiger partial charge < -0.3 is 24.4 Å². The Morgan fingerprint density at radius 1 is 1.50 bits per heavy atom. The molecule has 16 heavy (non-hydrogen) atoms. The monoisotopic (exact) mass is 234 g/mol. The van der Waals surface area contributed by atoms with Crippen LogP contribution < -0.4 is 0 Å². The number of cyclic esters (lactones) is 2. The number of esters is 3. The number of aliphatic hydroxyl groups excluding tert-OH is 1. The fourth-order valence-electron chi connectivity index (χ4n) is 1.13. The Morgan fingerprint density at radius 2 is 2.12 bits per heavy atom. The average Bonchev–Trinajstić information content (AvgIpc) is 2.37. The minimum absolute atomic E-state index is 0.673. The van der Waals surface area contributed by atoms with Crippen LogP contribution >= 0.6 is 0 Å². The van der Waals surface area contributed by atoms with Crippen molar-refractivity contribution < 1.29 is 38.8 Å². The standard InChI is InChI=1S/C8H10O8/c1-14-6(11)5(10)8(13)2-4(9)15-3-16-7(8)12/h5,10,13H,2-3H2,1H3. The smallest absolute Gasteiger partial charge is 0.345 e. The normalized spacial score (nSPS) is 27.4. The molecule has 1 rings (SSSR count). The van der Waals surface area contributed by atoms with Crippen LogP contribution in [0.4, 0.5) is 0 Å². The molecule has 1 heterocycles. The van der Waals surface area contributed by atoms with Gasteiger partial charge in [0.2, 0.25) is 12.4 Å². The van der Waals surface area contributed by atoms with Crippen molar-refractivity contribution in [3.05, 3.63) is 0 Å². The minimum Gasteiger partial charge on any atom is -0.467 e. The van der Waals surface area contributed by atoms with Crippen LogP contribution in [0.2, 0.25) is 0 Å². The molecule has 8 nitrogen and oxygen atoms in total. The van der Waals surface area contributed by atoms with E-state index < -0.39 is 42.8 Å². The predicted molar refractivity (Wildman–Crippen MR) is 44.6 cm³/mol. The van der Waals surface area contributed by atoms with Gasteiger partial charge in [-0.25, -0.2) is 9.59 Å². The van der Waals surface area contributed by atoms with Crippen LogP contribution in [0.25, 0.3) is 0 Å². The fraction of sp³-hybridized carbons (Fsp3) is 0.625. The number of carbonyl (C=O) groups is 3. The van der Waals surface area contributed by atoms with Gasteiger partial charge in [0.25, 0.3) is 0 Å². The molecule has 0 aromatic carbocycles. The van der Waals surface area contributed by atoms with Gasteiger partial charge in [-0.3, -0.25) is 4.79 Å². The summed E-state index contributed by atoms with van der Waals surface area (Å²) in [6.07, 6.45) is -3.10. The lowest BCUT2D eigenvalue weighted by molar-refractivity contribution is -0.189. The Hall–Kier alpha value is -1.67. The molecule has 0 aromatic rings. The molecule has 0 spiro atoms. The molecule has 90 valence electrons. The third kappa shape index (κ3) is 2.12. The summed E-state index contributed by atoms with van der Waals surface area (Å²) in [6, 6.07) is 0. The Labute approximate surface area is 89.7 Å². The molecule has 1 fully saturated rings. The van der Waals surface area contributed by atoms with E-state index in [9.17, 15) is 24.6 Å². The number of carbonyl (C=O) groups excluding carboxylic acids is 3. The molecule has 2 unspecified atom stereocenters. The molecule has 0 aliphatic carbocycles. The first kappa shape index (κ1) is 12.4. The number of aliphatic hydroxyl groups is 2. The fourth-order valence-corrected chi connectivity index (χ4v) is 1.13. The van der Waals surface area contributed by atoms with E-state index in [1.54, 1.807) is 0 Å². The molecule has 0 bridgehead atoms. The summed E-state index contributed by atoms with van der Waals surface area (Å²) < 4.78 is 12.8. The van der Waals surface area contributed by atoms with Crippen LogP contribution in [-0.2, 0) is 28.6 Å². The van der Waals surface area contributed by atoms with E-state index >= 15 is 0 Å². The lowest BCUT2D eigenvalue weighted by atomic mass is 9.93. The third-order valence-electron chi connectivity index (χ3n) is 2.05. The van der Waals surface area contributed by atoms with Gasteiger partial charge in [-0.05, 0) is 0 Å². The van der Waals surface area contributed by atoms with Crippen LogP contribution in [0, 0.1) is 0 Å². The van der Waals surface area contributed by atoms with E-state index in [2.05, 4.69) is 14.2 Å². The van der Waals surface area contributed by atoms with Gasteiger partial charge in [-0.1, -0.05) is 0 Å². The summed E-state index contributed by atoms with van der Waals surface area (Å²) in [5.41, 5.74) is -2.68. The van der Waals surface area contributed by atoms with Crippen molar-refractivity contribution in [3.63, 3.8) is 0 Å². The lowest BCUT2D eigenvalue weighted by Gasteiger charge is -2.25.